The van der Waals surface area contributed by atoms with Crippen LogP contribution in [0.15, 0.2) is 24.5 Å². The molecule has 0 radical (unpaired) electrons. The second-order valence-corrected chi connectivity index (χ2v) is 10.6. The number of nitrogens with zero attached hydrogens (tertiary/aromatic N) is 1. The van der Waals surface area contributed by atoms with Crippen LogP contribution in [-0.4, -0.2) is 27.9 Å². The summed E-state index contributed by atoms with van der Waals surface area (Å²) >= 11 is 1.49. The number of carboxylic acids is 1. The van der Waals surface area contributed by atoms with Gasteiger partial charge in [-0.3, -0.25) is 19.4 Å². The monoisotopic (exact) mass is 467 g/mol. The number of carboxylic acid groups (broad SMARTS) is 1. The van der Waals surface area contributed by atoms with Crippen LogP contribution in [0.2, 0.25) is 0 Å². The third kappa shape index (κ3) is 4.28. The molecule has 2 bridgehead atoms. The molecule has 33 heavy (non-hydrogen) atoms. The van der Waals surface area contributed by atoms with Crippen molar-refractivity contribution < 1.29 is 19.5 Å². The number of aryl methyl sites for hydroxylation is 1. The number of nitrogens with one attached hydrogen (secondary N) is 2. The lowest BCUT2D eigenvalue weighted by Gasteiger charge is -2.27. The molecule has 2 amide bonds. The molecule has 2 aromatic rings. The van der Waals surface area contributed by atoms with Crippen LogP contribution in [-0.2, 0) is 29.0 Å². The van der Waals surface area contributed by atoms with Crippen molar-refractivity contribution in [3.8, 4) is 0 Å². The van der Waals surface area contributed by atoms with Crippen molar-refractivity contribution in [3.05, 3.63) is 46.1 Å². The quantitative estimate of drug-likeness (QED) is 0.556. The van der Waals surface area contributed by atoms with Gasteiger partial charge in [0, 0.05) is 23.8 Å². The first-order valence-corrected chi connectivity index (χ1v) is 12.7. The van der Waals surface area contributed by atoms with E-state index in [9.17, 15) is 19.5 Å². The number of hydrogen-bond acceptors (Lipinski definition) is 5. The van der Waals surface area contributed by atoms with Gasteiger partial charge in [0.1, 0.15) is 5.00 Å². The second kappa shape index (κ2) is 9.25. The maximum atomic E-state index is 13.3. The van der Waals surface area contributed by atoms with E-state index in [2.05, 4.69) is 15.6 Å². The summed E-state index contributed by atoms with van der Waals surface area (Å²) < 4.78 is 0. The molecule has 4 atom stereocenters. The zero-order valence-electron chi connectivity index (χ0n) is 18.5. The van der Waals surface area contributed by atoms with E-state index >= 15 is 0 Å². The van der Waals surface area contributed by atoms with E-state index in [0.717, 1.165) is 67.4 Å². The highest BCUT2D eigenvalue weighted by Gasteiger charge is 2.54. The average molecular weight is 468 g/mol. The molecule has 0 aliphatic heterocycles. The highest BCUT2D eigenvalue weighted by molar-refractivity contribution is 7.17. The molecule has 2 heterocycles. The van der Waals surface area contributed by atoms with Crippen LogP contribution < -0.4 is 10.6 Å². The number of fused-ring (bicyclic) bond motifs is 3. The van der Waals surface area contributed by atoms with Gasteiger partial charge in [-0.1, -0.05) is 12.5 Å². The van der Waals surface area contributed by atoms with E-state index in [1.54, 1.807) is 12.4 Å². The van der Waals surface area contributed by atoms with Gasteiger partial charge >= 0.3 is 5.97 Å². The summed E-state index contributed by atoms with van der Waals surface area (Å²) in [5, 5.41) is 16.3. The van der Waals surface area contributed by atoms with E-state index in [0.29, 0.717) is 17.1 Å². The zero-order chi connectivity index (χ0) is 22.9. The third-order valence-electron chi connectivity index (χ3n) is 7.57. The van der Waals surface area contributed by atoms with Gasteiger partial charge in [-0.2, -0.15) is 0 Å². The summed E-state index contributed by atoms with van der Waals surface area (Å²) in [5.41, 5.74) is 2.51. The second-order valence-electron chi connectivity index (χ2n) is 9.52. The highest BCUT2D eigenvalue weighted by atomic mass is 32.1. The summed E-state index contributed by atoms with van der Waals surface area (Å²) in [5.74, 6) is -2.25. The van der Waals surface area contributed by atoms with Gasteiger partial charge < -0.3 is 15.7 Å². The number of amides is 2. The lowest BCUT2D eigenvalue weighted by molar-refractivity contribution is -0.148. The van der Waals surface area contributed by atoms with Crippen LogP contribution in [0.3, 0.4) is 0 Å². The van der Waals surface area contributed by atoms with E-state index in [4.69, 9.17) is 0 Å². The van der Waals surface area contributed by atoms with Crippen molar-refractivity contribution in [1.82, 2.24) is 10.3 Å². The van der Waals surface area contributed by atoms with Gasteiger partial charge in [-0.15, -0.1) is 11.3 Å². The fourth-order valence-electron chi connectivity index (χ4n) is 6.06. The number of rotatable bonds is 6. The molecule has 3 aliphatic carbocycles. The highest BCUT2D eigenvalue weighted by Crippen LogP contribution is 2.53. The van der Waals surface area contributed by atoms with Crippen molar-refractivity contribution in [2.75, 3.05) is 5.32 Å². The Bertz CT molecular complexity index is 1070. The van der Waals surface area contributed by atoms with Crippen molar-refractivity contribution in [1.29, 1.82) is 0 Å². The van der Waals surface area contributed by atoms with Crippen molar-refractivity contribution in [2.24, 2.45) is 23.7 Å². The molecule has 5 rings (SSSR count). The van der Waals surface area contributed by atoms with E-state index < -0.39 is 17.8 Å². The van der Waals surface area contributed by atoms with Gasteiger partial charge in [0.15, 0.2) is 0 Å². The molecule has 0 unspecified atom stereocenters. The minimum Gasteiger partial charge on any atom is -0.481 e. The normalized spacial score (nSPS) is 25.8. The number of hydrogen-bond donors (Lipinski definition) is 3. The zero-order valence-corrected chi connectivity index (χ0v) is 19.3. The van der Waals surface area contributed by atoms with Gasteiger partial charge in [0.25, 0.3) is 5.91 Å². The maximum absolute atomic E-state index is 13.3. The first-order chi connectivity index (χ1) is 16.0. The number of aromatic nitrogens is 1. The Balaban J connectivity index is 1.40. The predicted molar refractivity (Wildman–Crippen MR) is 125 cm³/mol. The van der Waals surface area contributed by atoms with Crippen LogP contribution in [0.4, 0.5) is 5.00 Å². The Morgan fingerprint density at radius 3 is 2.64 bits per heavy atom. The third-order valence-corrected chi connectivity index (χ3v) is 8.77. The van der Waals surface area contributed by atoms with Crippen LogP contribution in [0.5, 0.6) is 0 Å². The molecular formula is C25H29N3O4S. The Morgan fingerprint density at radius 2 is 1.88 bits per heavy atom. The Morgan fingerprint density at radius 1 is 1.09 bits per heavy atom. The molecule has 2 aromatic heterocycles. The molecule has 2 fully saturated rings. The summed E-state index contributed by atoms with van der Waals surface area (Å²) in [7, 11) is 0. The maximum Gasteiger partial charge on any atom is 0.307 e. The summed E-state index contributed by atoms with van der Waals surface area (Å²) in [6, 6.07) is 3.74. The molecule has 0 spiro atoms. The molecule has 8 heteroatoms. The SMILES string of the molecule is O=C(NCc1cccnc1)c1c(NC(=O)[C@H]2[C@@H]3CC[C@@H](C3)[C@@H]2C(=O)O)sc2c1CCCCC2. The minimum absolute atomic E-state index is 0.0885. The summed E-state index contributed by atoms with van der Waals surface area (Å²) in [6.45, 7) is 0.359. The molecule has 0 aromatic carbocycles. The smallest absolute Gasteiger partial charge is 0.307 e. The topological polar surface area (TPSA) is 108 Å². The standard InChI is InChI=1S/C25H29N3O4S/c29-22(27-13-14-5-4-10-26-12-14)21-17-6-2-1-3-7-18(17)33-24(21)28-23(30)19-15-8-9-16(11-15)20(19)25(31)32/h4-5,10,12,15-16,19-20H,1-3,6-9,11,13H2,(H,27,29)(H,28,30)(H,31,32)/t15-,16+,19+,20+/m1/s1. The van der Waals surface area contributed by atoms with Crippen LogP contribution in [0.1, 0.15) is 64.9 Å². The largest absolute Gasteiger partial charge is 0.481 e. The number of carbonyl (C=O) groups excluding carboxylic acids is 2. The van der Waals surface area contributed by atoms with E-state index in [-0.39, 0.29) is 23.7 Å². The lowest BCUT2D eigenvalue weighted by Crippen LogP contribution is -2.38. The van der Waals surface area contributed by atoms with Gasteiger partial charge in [0.2, 0.25) is 5.91 Å². The van der Waals surface area contributed by atoms with Gasteiger partial charge in [-0.25, -0.2) is 0 Å². The van der Waals surface area contributed by atoms with E-state index in [1.165, 1.54) is 11.3 Å². The lowest BCUT2D eigenvalue weighted by atomic mass is 9.78. The van der Waals surface area contributed by atoms with E-state index in [1.807, 2.05) is 12.1 Å². The van der Waals surface area contributed by atoms with Gasteiger partial charge in [0.05, 0.1) is 17.4 Å². The first-order valence-electron chi connectivity index (χ1n) is 11.9. The molecule has 2 saturated carbocycles. The van der Waals surface area contributed by atoms with Gasteiger partial charge in [-0.05, 0) is 74.0 Å². The summed E-state index contributed by atoms with van der Waals surface area (Å²) in [6.07, 6.45) is 11.0. The first kappa shape index (κ1) is 22.1. The molecule has 3 N–H and O–H groups in total. The van der Waals surface area contributed by atoms with Crippen LogP contribution >= 0.6 is 11.3 Å². The average Bonchev–Trinajstić information content (AvgIpc) is 3.47. The predicted octanol–water partition coefficient (Wildman–Crippen LogP) is 4.03. The Hall–Kier alpha value is -2.74. The number of anilines is 1. The number of aliphatic carboxylic acids is 1. The fraction of sp³-hybridized carbons (Fsp3) is 0.520. The van der Waals surface area contributed by atoms with Crippen molar-refractivity contribution in [2.45, 2.75) is 57.9 Å². The number of thiophene rings is 1. The molecule has 3 aliphatic rings. The van der Waals surface area contributed by atoms with Crippen LogP contribution in [0, 0.1) is 23.7 Å². The minimum atomic E-state index is -0.876. The van der Waals surface area contributed by atoms with Crippen molar-refractivity contribution >= 4 is 34.1 Å². The Labute approximate surface area is 197 Å². The van der Waals surface area contributed by atoms with Crippen molar-refractivity contribution in [3.63, 3.8) is 0 Å². The Kier molecular flexibility index (Phi) is 6.19. The number of carbonyl (C=O) groups is 3. The number of pyridine rings is 1. The molecular weight excluding hydrogens is 438 g/mol. The molecule has 174 valence electrons. The fourth-order valence-corrected chi connectivity index (χ4v) is 7.35. The van der Waals surface area contributed by atoms with Crippen LogP contribution in [0.25, 0.3) is 0 Å². The molecule has 7 nitrogen and oxygen atoms in total. The molecule has 0 saturated heterocycles. The summed E-state index contributed by atoms with van der Waals surface area (Å²) in [4.78, 5) is 43.8.